The Bertz CT molecular complexity index is 688. The number of hydrogen-bond donors (Lipinski definition) is 1. The van der Waals surface area contributed by atoms with Gasteiger partial charge in [0.2, 0.25) is 0 Å². The molecule has 0 unspecified atom stereocenters. The molecule has 0 radical (unpaired) electrons. The molecule has 0 aliphatic heterocycles. The quantitative estimate of drug-likeness (QED) is 0.886. The van der Waals surface area contributed by atoms with E-state index < -0.39 is 11.7 Å². The lowest BCUT2D eigenvalue weighted by Crippen LogP contribution is -2.16. The number of carbonyl (C=O) groups is 1. The van der Waals surface area contributed by atoms with Crippen molar-refractivity contribution in [2.24, 2.45) is 0 Å². The van der Waals surface area contributed by atoms with Crippen LogP contribution in [0.25, 0.3) is 11.1 Å². The fraction of sp³-hybridized carbons (Fsp3) is 0.385. The summed E-state index contributed by atoms with van der Waals surface area (Å²) in [5, 5.41) is 9.04. The summed E-state index contributed by atoms with van der Waals surface area (Å²) in [6.07, 6.45) is 0.665. The van der Waals surface area contributed by atoms with Gasteiger partial charge in [-0.05, 0) is 12.5 Å². The molecule has 1 aromatic carbocycles. The third-order valence-corrected chi connectivity index (χ3v) is 3.03. The Morgan fingerprint density at radius 2 is 2.25 bits per heavy atom. The Kier molecular flexibility index (Phi) is 4.34. The van der Waals surface area contributed by atoms with Crippen molar-refractivity contribution in [3.63, 3.8) is 0 Å². The van der Waals surface area contributed by atoms with Crippen molar-refractivity contribution in [3.05, 3.63) is 27.7 Å². The van der Waals surface area contributed by atoms with Crippen LogP contribution in [0.2, 0.25) is 5.02 Å². The Morgan fingerprint density at radius 1 is 1.50 bits per heavy atom. The molecule has 0 aliphatic carbocycles. The number of aromatic nitrogens is 1. The van der Waals surface area contributed by atoms with Crippen molar-refractivity contribution in [3.8, 4) is 5.75 Å². The fourth-order valence-corrected chi connectivity index (χ4v) is 2.02. The fourth-order valence-electron chi connectivity index (χ4n) is 1.81. The molecule has 0 amide bonds. The third-order valence-electron chi connectivity index (χ3n) is 2.73. The van der Waals surface area contributed by atoms with Crippen LogP contribution < -0.4 is 10.5 Å². The molecule has 1 heterocycles. The number of oxazole rings is 1. The Morgan fingerprint density at radius 3 is 2.90 bits per heavy atom. The monoisotopic (exact) mass is 299 g/mol. The second-order valence-electron chi connectivity index (χ2n) is 4.26. The van der Waals surface area contributed by atoms with Crippen LogP contribution in [0.15, 0.2) is 21.3 Å². The third kappa shape index (κ3) is 2.96. The molecule has 2 aromatic rings. The number of benzene rings is 1. The summed E-state index contributed by atoms with van der Waals surface area (Å²) in [6.45, 7) is 2.51. The smallest absolute Gasteiger partial charge is 0.419 e. The van der Waals surface area contributed by atoms with Gasteiger partial charge < -0.3 is 14.3 Å². The highest BCUT2D eigenvalue weighted by molar-refractivity contribution is 6.32. The number of rotatable bonds is 6. The van der Waals surface area contributed by atoms with Gasteiger partial charge in [-0.2, -0.15) is 0 Å². The average Bonchev–Trinajstić information content (AvgIpc) is 2.68. The minimum absolute atomic E-state index is 0.0344. The van der Waals surface area contributed by atoms with Gasteiger partial charge in [0.15, 0.2) is 5.58 Å². The summed E-state index contributed by atoms with van der Waals surface area (Å²) in [6, 6.07) is 3.10. The first-order valence-corrected chi connectivity index (χ1v) is 6.58. The summed E-state index contributed by atoms with van der Waals surface area (Å²) in [7, 11) is 0. The normalized spacial score (nSPS) is 10.9. The average molecular weight is 300 g/mol. The van der Waals surface area contributed by atoms with Crippen molar-refractivity contribution in [1.82, 2.24) is 4.57 Å². The van der Waals surface area contributed by atoms with E-state index in [9.17, 15) is 9.59 Å². The zero-order chi connectivity index (χ0) is 14.7. The molecule has 0 bridgehead atoms. The Balaban J connectivity index is 2.41. The number of hydrogen-bond acceptors (Lipinski definition) is 4. The predicted octanol–water partition coefficient (Wildman–Crippen LogP) is 2.51. The number of ether oxygens (including phenoxy) is 1. The molecule has 2 rings (SSSR count). The highest BCUT2D eigenvalue weighted by atomic mass is 35.5. The summed E-state index contributed by atoms with van der Waals surface area (Å²) >= 11 is 6.08. The van der Waals surface area contributed by atoms with Crippen molar-refractivity contribution >= 4 is 28.7 Å². The molecule has 108 valence electrons. The van der Waals surface area contributed by atoms with Gasteiger partial charge >= 0.3 is 11.7 Å². The van der Waals surface area contributed by atoms with Crippen LogP contribution in [-0.2, 0) is 11.3 Å². The maximum Gasteiger partial charge on any atom is 0.419 e. The van der Waals surface area contributed by atoms with Gasteiger partial charge in [0.05, 0.1) is 23.6 Å². The first-order valence-electron chi connectivity index (χ1n) is 6.20. The van der Waals surface area contributed by atoms with E-state index in [1.54, 1.807) is 12.1 Å². The van der Waals surface area contributed by atoms with Gasteiger partial charge in [-0.25, -0.2) is 4.79 Å². The number of aryl methyl sites for hydroxylation is 1. The predicted molar refractivity (Wildman–Crippen MR) is 73.5 cm³/mol. The van der Waals surface area contributed by atoms with E-state index in [0.29, 0.717) is 28.5 Å². The van der Waals surface area contributed by atoms with Gasteiger partial charge in [-0.1, -0.05) is 18.5 Å². The lowest BCUT2D eigenvalue weighted by atomic mass is 10.3. The number of carboxylic acids is 1. The van der Waals surface area contributed by atoms with Crippen molar-refractivity contribution < 1.29 is 19.1 Å². The molecule has 0 atom stereocenters. The van der Waals surface area contributed by atoms with E-state index in [1.165, 1.54) is 4.57 Å². The lowest BCUT2D eigenvalue weighted by Gasteiger charge is -2.06. The highest BCUT2D eigenvalue weighted by Crippen LogP contribution is 2.30. The van der Waals surface area contributed by atoms with E-state index in [1.807, 2.05) is 6.92 Å². The summed E-state index contributed by atoms with van der Waals surface area (Å²) in [4.78, 5) is 22.3. The second kappa shape index (κ2) is 6.00. The highest BCUT2D eigenvalue weighted by Gasteiger charge is 2.14. The molecule has 0 fully saturated rings. The molecule has 0 saturated carbocycles. The molecule has 1 N–H and O–H groups in total. The molecule has 6 nitrogen and oxygen atoms in total. The molecule has 0 spiro atoms. The maximum absolute atomic E-state index is 11.7. The van der Waals surface area contributed by atoms with Gasteiger partial charge in [-0.15, -0.1) is 0 Å². The van der Waals surface area contributed by atoms with Crippen LogP contribution in [0.1, 0.15) is 19.8 Å². The van der Waals surface area contributed by atoms with Crippen molar-refractivity contribution in [2.75, 3.05) is 6.61 Å². The van der Waals surface area contributed by atoms with Crippen LogP contribution in [0.3, 0.4) is 0 Å². The van der Waals surface area contributed by atoms with E-state index >= 15 is 0 Å². The number of fused-ring (bicyclic) bond motifs is 1. The van der Waals surface area contributed by atoms with E-state index in [-0.39, 0.29) is 13.0 Å². The first kappa shape index (κ1) is 14.5. The molecular weight excluding hydrogens is 286 g/mol. The number of carboxylic acid groups (broad SMARTS) is 1. The molecule has 20 heavy (non-hydrogen) atoms. The zero-order valence-corrected chi connectivity index (χ0v) is 11.6. The van der Waals surface area contributed by atoms with Crippen LogP contribution in [0, 0.1) is 0 Å². The minimum Gasteiger partial charge on any atom is -0.492 e. The largest absolute Gasteiger partial charge is 0.492 e. The summed E-state index contributed by atoms with van der Waals surface area (Å²) in [5.74, 6) is -1.15. The van der Waals surface area contributed by atoms with Crippen LogP contribution in [0.4, 0.5) is 0 Å². The first-order chi connectivity index (χ1) is 9.52. The van der Waals surface area contributed by atoms with Crippen LogP contribution >= 0.6 is 11.6 Å². The zero-order valence-electron chi connectivity index (χ0n) is 10.9. The van der Waals surface area contributed by atoms with Gasteiger partial charge in [-0.3, -0.25) is 9.36 Å². The number of halogens is 1. The Hall–Kier alpha value is -1.95. The SMILES string of the molecule is CCCOc1cc2oc(=O)n(CCC(=O)O)c2cc1Cl. The maximum atomic E-state index is 11.7. The van der Waals surface area contributed by atoms with E-state index in [0.717, 1.165) is 6.42 Å². The van der Waals surface area contributed by atoms with Gasteiger partial charge in [0, 0.05) is 12.6 Å². The molecule has 0 saturated heterocycles. The van der Waals surface area contributed by atoms with E-state index in [4.69, 9.17) is 25.9 Å². The standard InChI is InChI=1S/C13H14ClNO5/c1-2-5-19-10-7-11-9(6-8(10)14)15(13(18)20-11)4-3-12(16)17/h6-7H,2-5H2,1H3,(H,16,17). The number of aliphatic carboxylic acids is 1. The molecular formula is C13H14ClNO5. The van der Waals surface area contributed by atoms with Crippen molar-refractivity contribution in [2.45, 2.75) is 26.3 Å². The van der Waals surface area contributed by atoms with E-state index in [2.05, 4.69) is 0 Å². The lowest BCUT2D eigenvalue weighted by molar-refractivity contribution is -0.137. The minimum atomic E-state index is -0.986. The van der Waals surface area contributed by atoms with Gasteiger partial charge in [0.1, 0.15) is 5.75 Å². The topological polar surface area (TPSA) is 81.7 Å². The van der Waals surface area contributed by atoms with Gasteiger partial charge in [0.25, 0.3) is 0 Å². The Labute approximate surface area is 119 Å². The summed E-state index contributed by atoms with van der Waals surface area (Å²) < 4.78 is 11.8. The van der Waals surface area contributed by atoms with Crippen LogP contribution in [-0.4, -0.2) is 22.2 Å². The second-order valence-corrected chi connectivity index (χ2v) is 4.67. The van der Waals surface area contributed by atoms with Crippen LogP contribution in [0.5, 0.6) is 5.75 Å². The molecule has 1 aromatic heterocycles. The van der Waals surface area contributed by atoms with Crippen molar-refractivity contribution in [1.29, 1.82) is 0 Å². The molecule has 0 aliphatic rings. The molecule has 7 heteroatoms. The summed E-state index contributed by atoms with van der Waals surface area (Å²) in [5.41, 5.74) is 0.793. The number of nitrogens with zero attached hydrogens (tertiary/aromatic N) is 1.